The maximum atomic E-state index is 5.49. The molecule has 0 amide bonds. The quantitative estimate of drug-likeness (QED) is 0.794. The summed E-state index contributed by atoms with van der Waals surface area (Å²) in [7, 11) is 1.68. The predicted molar refractivity (Wildman–Crippen MR) is 60.0 cm³/mol. The summed E-state index contributed by atoms with van der Waals surface area (Å²) in [5, 5.41) is 8.35. The normalized spacial score (nSPS) is 10.8. The first kappa shape index (κ1) is 9.98. The summed E-state index contributed by atoms with van der Waals surface area (Å²) in [4.78, 5) is 0. The van der Waals surface area contributed by atoms with Crippen molar-refractivity contribution in [2.75, 3.05) is 13.7 Å². The maximum Gasteiger partial charge on any atom is 0.130 e. The summed E-state index contributed by atoms with van der Waals surface area (Å²) in [6.45, 7) is 0.690. The number of ether oxygens (including phenoxy) is 1. The van der Waals surface area contributed by atoms with Gasteiger partial charge in [-0.15, -0.1) is 0 Å². The van der Waals surface area contributed by atoms with E-state index in [1.54, 1.807) is 7.11 Å². The molecule has 3 N–H and O–H groups in total. The monoisotopic (exact) mass is 205 g/mol. The highest BCUT2D eigenvalue weighted by molar-refractivity contribution is 5.87. The Bertz CT molecular complexity index is 450. The van der Waals surface area contributed by atoms with Crippen molar-refractivity contribution in [3.63, 3.8) is 0 Å². The van der Waals surface area contributed by atoms with E-state index in [9.17, 15) is 0 Å². The zero-order chi connectivity index (χ0) is 10.7. The first-order chi connectivity index (χ1) is 7.36. The second-order valence-corrected chi connectivity index (χ2v) is 3.45. The van der Waals surface area contributed by atoms with Gasteiger partial charge in [0.1, 0.15) is 5.75 Å². The lowest BCUT2D eigenvalue weighted by Gasteiger charge is -2.02. The highest BCUT2D eigenvalue weighted by Crippen LogP contribution is 2.27. The van der Waals surface area contributed by atoms with Crippen LogP contribution in [0.15, 0.2) is 18.2 Å². The van der Waals surface area contributed by atoms with Gasteiger partial charge >= 0.3 is 0 Å². The third-order valence-corrected chi connectivity index (χ3v) is 2.47. The smallest absolute Gasteiger partial charge is 0.130 e. The third-order valence-electron chi connectivity index (χ3n) is 2.47. The standard InChI is InChI=1S/C11H15N3O/c1-15-10-6-2-4-8-11(10)9(14-13-8)5-3-7-12/h2,4,6H,3,5,7,12H2,1H3,(H,13,14). The number of nitrogens with zero attached hydrogens (tertiary/aromatic N) is 1. The summed E-state index contributed by atoms with van der Waals surface area (Å²) in [5.74, 6) is 0.869. The third kappa shape index (κ3) is 1.80. The molecule has 2 rings (SSSR count). The molecule has 2 aromatic rings. The van der Waals surface area contributed by atoms with Crippen LogP contribution in [0, 0.1) is 0 Å². The van der Waals surface area contributed by atoms with Crippen molar-refractivity contribution < 1.29 is 4.74 Å². The number of H-pyrrole nitrogens is 1. The van der Waals surface area contributed by atoms with Gasteiger partial charge in [0.15, 0.2) is 0 Å². The molecule has 1 heterocycles. The Labute approximate surface area is 88.4 Å². The van der Waals surface area contributed by atoms with E-state index in [2.05, 4.69) is 10.2 Å². The van der Waals surface area contributed by atoms with E-state index in [1.807, 2.05) is 18.2 Å². The van der Waals surface area contributed by atoms with Gasteiger partial charge in [0, 0.05) is 5.69 Å². The summed E-state index contributed by atoms with van der Waals surface area (Å²) in [6, 6.07) is 5.86. The lowest BCUT2D eigenvalue weighted by molar-refractivity contribution is 0.419. The van der Waals surface area contributed by atoms with Gasteiger partial charge in [0.2, 0.25) is 0 Å². The van der Waals surface area contributed by atoms with Crippen LogP contribution in [-0.2, 0) is 6.42 Å². The SMILES string of the molecule is COc1cccc2n[nH]c(CCCN)c12. The second-order valence-electron chi connectivity index (χ2n) is 3.45. The van der Waals surface area contributed by atoms with Crippen LogP contribution in [0.2, 0.25) is 0 Å². The van der Waals surface area contributed by atoms with Gasteiger partial charge in [-0.3, -0.25) is 5.10 Å². The van der Waals surface area contributed by atoms with Gasteiger partial charge in [-0.1, -0.05) is 6.07 Å². The van der Waals surface area contributed by atoms with Crippen molar-refractivity contribution in [3.8, 4) is 5.75 Å². The number of nitrogens with two attached hydrogens (primary N) is 1. The number of aryl methyl sites for hydroxylation is 1. The van der Waals surface area contributed by atoms with E-state index in [1.165, 1.54) is 0 Å². The Morgan fingerprint density at radius 1 is 1.47 bits per heavy atom. The van der Waals surface area contributed by atoms with Gasteiger partial charge < -0.3 is 10.5 Å². The molecule has 0 spiro atoms. The largest absolute Gasteiger partial charge is 0.496 e. The van der Waals surface area contributed by atoms with Crippen LogP contribution in [0.4, 0.5) is 0 Å². The van der Waals surface area contributed by atoms with E-state index >= 15 is 0 Å². The molecule has 4 nitrogen and oxygen atoms in total. The second kappa shape index (κ2) is 4.31. The Morgan fingerprint density at radius 2 is 2.33 bits per heavy atom. The van der Waals surface area contributed by atoms with E-state index in [0.29, 0.717) is 6.54 Å². The highest BCUT2D eigenvalue weighted by atomic mass is 16.5. The van der Waals surface area contributed by atoms with Crippen molar-refractivity contribution in [2.24, 2.45) is 5.73 Å². The Hall–Kier alpha value is -1.55. The van der Waals surface area contributed by atoms with Gasteiger partial charge in [-0.2, -0.15) is 5.10 Å². The molecule has 15 heavy (non-hydrogen) atoms. The molecule has 4 heteroatoms. The topological polar surface area (TPSA) is 63.9 Å². The molecule has 1 aromatic heterocycles. The average Bonchev–Trinajstić information content (AvgIpc) is 2.69. The average molecular weight is 205 g/mol. The summed E-state index contributed by atoms with van der Waals surface area (Å²) in [6.07, 6.45) is 1.86. The van der Waals surface area contributed by atoms with Crippen LogP contribution in [0.25, 0.3) is 10.9 Å². The number of hydrogen-bond donors (Lipinski definition) is 2. The highest BCUT2D eigenvalue weighted by Gasteiger charge is 2.09. The van der Waals surface area contributed by atoms with Crippen LogP contribution in [0.5, 0.6) is 5.75 Å². The molecule has 80 valence electrons. The van der Waals surface area contributed by atoms with Gasteiger partial charge in [0.25, 0.3) is 0 Å². The van der Waals surface area contributed by atoms with Crippen molar-refractivity contribution in [1.82, 2.24) is 10.2 Å². The number of benzene rings is 1. The molecule has 0 unspecified atom stereocenters. The minimum atomic E-state index is 0.690. The van der Waals surface area contributed by atoms with E-state index in [-0.39, 0.29) is 0 Å². The fourth-order valence-electron chi connectivity index (χ4n) is 1.73. The maximum absolute atomic E-state index is 5.49. The molecule has 1 aromatic carbocycles. The molecular formula is C11H15N3O. The van der Waals surface area contributed by atoms with Crippen LogP contribution in [0.1, 0.15) is 12.1 Å². The fraction of sp³-hybridized carbons (Fsp3) is 0.364. The van der Waals surface area contributed by atoms with Crippen LogP contribution >= 0.6 is 0 Å². The molecule has 0 radical (unpaired) electrons. The van der Waals surface area contributed by atoms with E-state index < -0.39 is 0 Å². The lowest BCUT2D eigenvalue weighted by atomic mass is 10.1. The molecule has 0 aliphatic carbocycles. The first-order valence-corrected chi connectivity index (χ1v) is 5.07. The predicted octanol–water partition coefficient (Wildman–Crippen LogP) is 1.46. The van der Waals surface area contributed by atoms with Crippen LogP contribution in [-0.4, -0.2) is 23.9 Å². The molecule has 0 aliphatic heterocycles. The van der Waals surface area contributed by atoms with E-state index in [0.717, 1.165) is 35.2 Å². The lowest BCUT2D eigenvalue weighted by Crippen LogP contribution is -2.00. The Kier molecular flexibility index (Phi) is 2.87. The summed E-state index contributed by atoms with van der Waals surface area (Å²) < 4.78 is 5.32. The van der Waals surface area contributed by atoms with Crippen molar-refractivity contribution in [1.29, 1.82) is 0 Å². The summed E-state index contributed by atoms with van der Waals surface area (Å²) >= 11 is 0. The van der Waals surface area contributed by atoms with Crippen molar-refractivity contribution in [3.05, 3.63) is 23.9 Å². The van der Waals surface area contributed by atoms with E-state index in [4.69, 9.17) is 10.5 Å². The Morgan fingerprint density at radius 3 is 3.07 bits per heavy atom. The molecule has 0 atom stereocenters. The number of rotatable bonds is 4. The Balaban J connectivity index is 2.46. The van der Waals surface area contributed by atoms with Crippen molar-refractivity contribution >= 4 is 10.9 Å². The van der Waals surface area contributed by atoms with Crippen molar-refractivity contribution in [2.45, 2.75) is 12.8 Å². The fourth-order valence-corrected chi connectivity index (χ4v) is 1.73. The zero-order valence-corrected chi connectivity index (χ0v) is 8.79. The first-order valence-electron chi connectivity index (χ1n) is 5.07. The number of hydrogen-bond acceptors (Lipinski definition) is 3. The van der Waals surface area contributed by atoms with Crippen LogP contribution < -0.4 is 10.5 Å². The number of fused-ring (bicyclic) bond motifs is 1. The van der Waals surface area contributed by atoms with Gasteiger partial charge in [-0.25, -0.2) is 0 Å². The number of nitrogens with one attached hydrogen (secondary N) is 1. The van der Waals surface area contributed by atoms with Crippen LogP contribution in [0.3, 0.4) is 0 Å². The molecule has 0 fully saturated rings. The number of aromatic amines is 1. The number of aromatic nitrogens is 2. The minimum Gasteiger partial charge on any atom is -0.496 e. The molecular weight excluding hydrogens is 190 g/mol. The molecule has 0 bridgehead atoms. The van der Waals surface area contributed by atoms with Gasteiger partial charge in [0.05, 0.1) is 18.0 Å². The molecule has 0 saturated heterocycles. The molecule has 0 saturated carbocycles. The minimum absolute atomic E-state index is 0.690. The number of methoxy groups -OCH3 is 1. The zero-order valence-electron chi connectivity index (χ0n) is 8.79. The molecule has 0 aliphatic rings. The summed E-state index contributed by atoms with van der Waals surface area (Å²) in [5.41, 5.74) is 7.54. The van der Waals surface area contributed by atoms with Gasteiger partial charge in [-0.05, 0) is 31.5 Å².